The second kappa shape index (κ2) is 21.0. The molecule has 0 aliphatic rings. The first-order chi connectivity index (χ1) is 15.6. The number of carbonyl (C=O) groups is 1. The molecule has 24 heteroatoms. The van der Waals surface area contributed by atoms with Gasteiger partial charge in [0.25, 0.3) is 0 Å². The topological polar surface area (TPSA) is 392 Å². The van der Waals surface area contributed by atoms with Gasteiger partial charge >= 0.3 is 45.9 Å². The fourth-order valence-electron chi connectivity index (χ4n) is 1.28. The number of rotatable bonds is 2. The number of hydrogen-bond acceptors (Lipinski definition) is 16. The van der Waals surface area contributed by atoms with E-state index >= 15 is 0 Å². The first-order valence-corrected chi connectivity index (χ1v) is 9.41. The molecule has 1 unspecified atom stereocenters. The number of aromatic amines is 2. The zero-order valence-corrected chi connectivity index (χ0v) is 20.7. The Morgan fingerprint density at radius 1 is 1.17 bits per heavy atom. The molecule has 0 bridgehead atoms. The molecule has 0 spiro atoms. The Labute approximate surface area is 219 Å². The molecule has 0 aliphatic heterocycles. The molecule has 0 radical (unpaired) electrons. The molecule has 0 fully saturated rings. The standard InChI is InChI=1S/C6H4N4.C5H4N4O2.HNO2.Na.2H2O4S/c1-4-9-5(2-7)6(3-8)10-4;6-1-2-3(4(10)11)9-5(7)8-2;2-1-3;;1-5(2,3)4;1-4-5(2)3/h1H3,(H,9,10);(H,10,11)(H3,7,8,9);(H,2,3);;(H2,1,2,3,4);1H,(H,2,3)/q;;;+1;;/p-3. The Hall–Kier alpha value is -3.54. The molecule has 186 valence electrons. The summed E-state index contributed by atoms with van der Waals surface area (Å²) in [5.74, 6) is -0.724. The molecule has 0 aliphatic carbocycles. The van der Waals surface area contributed by atoms with Crippen molar-refractivity contribution >= 4 is 33.7 Å². The van der Waals surface area contributed by atoms with Crippen molar-refractivity contribution < 1.29 is 75.3 Å². The third-order valence-corrected chi connectivity index (χ3v) is 2.25. The SMILES string of the molecule is Cc1nc(C#N)c(C#N)[nH]1.N#Cc1nc(N)[nH]c1C(=O)O.O=N[O-].O=S(=O)(O)O.O=S([O-])O[O-].[Na+]. The van der Waals surface area contributed by atoms with Crippen molar-refractivity contribution in [2.45, 2.75) is 6.92 Å². The van der Waals surface area contributed by atoms with Crippen molar-refractivity contribution in [2.24, 2.45) is 5.34 Å². The fraction of sp³-hybridized carbons (Fsp3) is 0.0909. The summed E-state index contributed by atoms with van der Waals surface area (Å²) in [4.78, 5) is 30.4. The van der Waals surface area contributed by atoms with Crippen molar-refractivity contribution in [2.75, 3.05) is 5.73 Å². The summed E-state index contributed by atoms with van der Waals surface area (Å²) >= 11 is -2.88. The quantitative estimate of drug-likeness (QED) is 0.0510. The molecule has 2 aromatic rings. The van der Waals surface area contributed by atoms with Crippen molar-refractivity contribution in [1.82, 2.24) is 19.9 Å². The molecule has 2 aromatic heterocycles. The van der Waals surface area contributed by atoms with E-state index in [9.17, 15) is 4.79 Å². The van der Waals surface area contributed by atoms with E-state index in [4.69, 9.17) is 68.3 Å². The second-order valence-corrected chi connectivity index (χ2v) is 5.77. The third kappa shape index (κ3) is 23.4. The van der Waals surface area contributed by atoms with Crippen molar-refractivity contribution in [3.05, 3.63) is 38.7 Å². The molecule has 0 amide bonds. The van der Waals surface area contributed by atoms with E-state index in [-0.39, 0.29) is 58.3 Å². The summed E-state index contributed by atoms with van der Waals surface area (Å²) in [5, 5.41) is 51.0. The molecule has 7 N–H and O–H groups in total. The minimum atomic E-state index is -4.67. The number of imidazole rings is 2. The van der Waals surface area contributed by atoms with Crippen LogP contribution in [0.25, 0.3) is 0 Å². The molecule has 0 aromatic carbocycles. The summed E-state index contributed by atoms with van der Waals surface area (Å²) in [6.45, 7) is 1.70. The molecule has 0 saturated heterocycles. The Balaban J connectivity index is -0.000000184. The predicted molar refractivity (Wildman–Crippen MR) is 101 cm³/mol. The number of aryl methyl sites for hydroxylation is 1. The van der Waals surface area contributed by atoms with Crippen LogP contribution in [0.3, 0.4) is 0 Å². The van der Waals surface area contributed by atoms with Crippen molar-refractivity contribution in [3.63, 3.8) is 0 Å². The summed E-state index contributed by atoms with van der Waals surface area (Å²) in [7, 11) is -4.67. The number of nitriles is 3. The van der Waals surface area contributed by atoms with E-state index in [2.05, 4.69) is 24.3 Å². The summed E-state index contributed by atoms with van der Waals surface area (Å²) in [5.41, 5.74) is 5.04. The fourth-order valence-corrected chi connectivity index (χ4v) is 1.28. The number of anilines is 1. The van der Waals surface area contributed by atoms with Crippen LogP contribution in [0, 0.1) is 51.0 Å². The van der Waals surface area contributed by atoms with Gasteiger partial charge in [0.1, 0.15) is 24.0 Å². The van der Waals surface area contributed by atoms with Crippen LogP contribution in [0.1, 0.15) is 33.4 Å². The van der Waals surface area contributed by atoms with Gasteiger partial charge in [0.2, 0.25) is 0 Å². The number of carboxylic acids is 1. The van der Waals surface area contributed by atoms with Crippen LogP contribution in [0.5, 0.6) is 0 Å². The summed E-state index contributed by atoms with van der Waals surface area (Å²) < 4.78 is 51.7. The minimum Gasteiger partial charge on any atom is -0.750 e. The van der Waals surface area contributed by atoms with Gasteiger partial charge < -0.3 is 45.1 Å². The molecule has 2 rings (SSSR count). The molecule has 2 heterocycles. The van der Waals surface area contributed by atoms with Crippen LogP contribution in [-0.2, 0) is 26.1 Å². The number of nitrogens with two attached hydrogens (primary N) is 1. The number of aromatic nitrogens is 4. The maximum Gasteiger partial charge on any atom is 1.00 e. The number of nitrogens with zero attached hydrogens (tertiary/aromatic N) is 6. The van der Waals surface area contributed by atoms with Crippen LogP contribution in [-0.4, -0.2) is 57.3 Å². The van der Waals surface area contributed by atoms with Crippen LogP contribution in [0.15, 0.2) is 5.34 Å². The smallest absolute Gasteiger partial charge is 0.750 e. The molecular formula is C11H10N9NaO12S2-2. The number of nitrogens with one attached hydrogen (secondary N) is 2. The molecule has 1 atom stereocenters. The van der Waals surface area contributed by atoms with Gasteiger partial charge in [-0.3, -0.25) is 9.11 Å². The molecule has 0 saturated carbocycles. The van der Waals surface area contributed by atoms with Gasteiger partial charge in [-0.05, 0) is 6.92 Å². The molecular weight excluding hydrogens is 537 g/mol. The maximum atomic E-state index is 10.3. The minimum absolute atomic E-state index is 0. The normalized spacial score (nSPS) is 9.31. The van der Waals surface area contributed by atoms with Crippen molar-refractivity contribution in [3.8, 4) is 18.2 Å². The number of nitrogen functional groups attached to an aromatic ring is 1. The average molecular weight is 547 g/mol. The van der Waals surface area contributed by atoms with Crippen LogP contribution >= 0.6 is 0 Å². The number of H-pyrrole nitrogens is 2. The van der Waals surface area contributed by atoms with Gasteiger partial charge in [-0.15, -0.1) is 5.34 Å². The van der Waals surface area contributed by atoms with Crippen LogP contribution in [0.2, 0.25) is 0 Å². The van der Waals surface area contributed by atoms with E-state index in [1.165, 1.54) is 0 Å². The Kier molecular flexibility index (Phi) is 23.3. The number of carboxylic acid groups (broad SMARTS) is 1. The number of aromatic carboxylic acids is 1. The first kappa shape index (κ1) is 38.7. The van der Waals surface area contributed by atoms with Crippen LogP contribution in [0.4, 0.5) is 5.95 Å². The number of hydrogen-bond donors (Lipinski definition) is 6. The zero-order valence-electron chi connectivity index (χ0n) is 17.1. The predicted octanol–water partition coefficient (Wildman–Crippen LogP) is -5.30. The van der Waals surface area contributed by atoms with Gasteiger partial charge in [0.05, 0.1) is 11.4 Å². The average Bonchev–Trinajstić information content (AvgIpc) is 3.29. The van der Waals surface area contributed by atoms with E-state index < -0.39 is 27.7 Å². The van der Waals surface area contributed by atoms with E-state index in [0.29, 0.717) is 5.82 Å². The summed E-state index contributed by atoms with van der Waals surface area (Å²) in [6.07, 6.45) is 0. The van der Waals surface area contributed by atoms with E-state index in [1.54, 1.807) is 19.1 Å². The Morgan fingerprint density at radius 3 is 1.80 bits per heavy atom. The van der Waals surface area contributed by atoms with E-state index in [1.807, 2.05) is 6.07 Å². The molecule has 35 heavy (non-hydrogen) atoms. The Bertz CT molecular complexity index is 1150. The monoisotopic (exact) mass is 547 g/mol. The largest absolute Gasteiger partial charge is 1.00 e. The third-order valence-electron chi connectivity index (χ3n) is 2.14. The summed E-state index contributed by atoms with van der Waals surface area (Å²) in [6, 6.07) is 5.22. The van der Waals surface area contributed by atoms with Crippen LogP contribution < -0.4 is 40.5 Å². The van der Waals surface area contributed by atoms with Gasteiger partial charge in [0, 0.05) is 0 Å². The maximum absolute atomic E-state index is 10.3. The van der Waals surface area contributed by atoms with E-state index in [0.717, 1.165) is 5.34 Å². The molecule has 21 nitrogen and oxygen atoms in total. The Morgan fingerprint density at radius 2 is 1.57 bits per heavy atom. The van der Waals surface area contributed by atoms with Gasteiger partial charge in [-0.1, -0.05) is 0 Å². The van der Waals surface area contributed by atoms with Gasteiger partial charge in [0.15, 0.2) is 28.7 Å². The van der Waals surface area contributed by atoms with Gasteiger partial charge in [-0.25, -0.2) is 19.0 Å². The van der Waals surface area contributed by atoms with Crippen molar-refractivity contribution in [1.29, 1.82) is 15.8 Å². The van der Waals surface area contributed by atoms with Gasteiger partial charge in [-0.2, -0.15) is 24.2 Å². The second-order valence-electron chi connectivity index (χ2n) is 4.33. The first-order valence-electron chi connectivity index (χ1n) is 7.01. The zero-order chi connectivity index (χ0) is 27.5.